The third-order valence-corrected chi connectivity index (χ3v) is 3.60. The van der Waals surface area contributed by atoms with E-state index in [-0.39, 0.29) is 12.1 Å². The van der Waals surface area contributed by atoms with Crippen LogP contribution < -0.4 is 5.32 Å². The molecule has 1 heterocycles. The minimum absolute atomic E-state index is 0.121. The van der Waals surface area contributed by atoms with E-state index < -0.39 is 5.60 Å². The Morgan fingerprint density at radius 2 is 1.42 bits per heavy atom. The highest BCUT2D eigenvalue weighted by Gasteiger charge is 2.49. The third-order valence-electron chi connectivity index (χ3n) is 3.60. The summed E-state index contributed by atoms with van der Waals surface area (Å²) < 4.78 is 5.68. The number of ether oxygens (including phenoxy) is 1. The number of benzene rings is 2. The van der Waals surface area contributed by atoms with E-state index in [0.717, 1.165) is 11.1 Å². The predicted molar refractivity (Wildman–Crippen MR) is 72.7 cm³/mol. The van der Waals surface area contributed by atoms with E-state index in [2.05, 4.69) is 5.32 Å². The van der Waals surface area contributed by atoms with Gasteiger partial charge in [-0.25, -0.2) is 4.79 Å². The van der Waals surface area contributed by atoms with Crippen LogP contribution in [-0.4, -0.2) is 12.1 Å². The molecule has 2 aromatic carbocycles. The fourth-order valence-corrected chi connectivity index (χ4v) is 2.70. The Labute approximate surface area is 112 Å². The molecule has 0 aliphatic carbocycles. The minimum Gasteiger partial charge on any atom is -0.431 e. The van der Waals surface area contributed by atoms with E-state index in [1.807, 2.05) is 67.6 Å². The van der Waals surface area contributed by atoms with Crippen molar-refractivity contribution in [1.29, 1.82) is 0 Å². The second kappa shape index (κ2) is 4.43. The lowest BCUT2D eigenvalue weighted by Gasteiger charge is -2.31. The van der Waals surface area contributed by atoms with Gasteiger partial charge in [0.2, 0.25) is 0 Å². The summed E-state index contributed by atoms with van der Waals surface area (Å²) in [6, 6.07) is 19.6. The first-order valence-corrected chi connectivity index (χ1v) is 6.34. The molecule has 1 N–H and O–H groups in total. The standard InChI is InChI=1S/C16H15NO2/c1-12-16(19-15(18)17-12,13-8-4-2-5-9-13)14-10-6-3-7-11-14/h2-12H,1H3,(H,17,18)/t12-/m0/s1. The van der Waals surface area contributed by atoms with Crippen LogP contribution in [0.1, 0.15) is 18.1 Å². The average molecular weight is 253 g/mol. The van der Waals surface area contributed by atoms with Crippen LogP contribution in [0.15, 0.2) is 60.7 Å². The zero-order valence-corrected chi connectivity index (χ0v) is 10.7. The fourth-order valence-electron chi connectivity index (χ4n) is 2.70. The topological polar surface area (TPSA) is 38.3 Å². The van der Waals surface area contributed by atoms with Gasteiger partial charge in [0.15, 0.2) is 5.60 Å². The van der Waals surface area contributed by atoms with Crippen LogP contribution in [0.5, 0.6) is 0 Å². The Hall–Kier alpha value is -2.29. The lowest BCUT2D eigenvalue weighted by molar-refractivity contribution is 0.0717. The number of hydrogen-bond donors (Lipinski definition) is 1. The second-order valence-corrected chi connectivity index (χ2v) is 4.72. The van der Waals surface area contributed by atoms with Crippen molar-refractivity contribution in [2.24, 2.45) is 0 Å². The summed E-state index contributed by atoms with van der Waals surface area (Å²) in [7, 11) is 0. The molecule has 19 heavy (non-hydrogen) atoms. The summed E-state index contributed by atoms with van der Waals surface area (Å²) in [4.78, 5) is 11.7. The fraction of sp³-hybridized carbons (Fsp3) is 0.188. The summed E-state index contributed by atoms with van der Waals surface area (Å²) in [5, 5.41) is 2.84. The van der Waals surface area contributed by atoms with Crippen molar-refractivity contribution in [3.05, 3.63) is 71.8 Å². The van der Waals surface area contributed by atoms with Gasteiger partial charge < -0.3 is 10.1 Å². The zero-order chi connectivity index (χ0) is 13.3. The van der Waals surface area contributed by atoms with Crippen LogP contribution in [0.3, 0.4) is 0 Å². The number of alkyl carbamates (subject to hydrolysis) is 1. The molecule has 1 aliphatic heterocycles. The van der Waals surface area contributed by atoms with Gasteiger partial charge in [-0.15, -0.1) is 0 Å². The number of rotatable bonds is 2. The van der Waals surface area contributed by atoms with Gasteiger partial charge in [0, 0.05) is 11.1 Å². The van der Waals surface area contributed by atoms with Gasteiger partial charge >= 0.3 is 6.09 Å². The van der Waals surface area contributed by atoms with E-state index in [4.69, 9.17) is 4.74 Å². The lowest BCUT2D eigenvalue weighted by Crippen LogP contribution is -2.40. The summed E-state index contributed by atoms with van der Waals surface area (Å²) in [5.41, 5.74) is 1.21. The molecule has 0 unspecified atom stereocenters. The quantitative estimate of drug-likeness (QED) is 0.893. The van der Waals surface area contributed by atoms with E-state index in [9.17, 15) is 4.79 Å². The molecular weight excluding hydrogens is 238 g/mol. The molecule has 1 fully saturated rings. The van der Waals surface area contributed by atoms with Gasteiger partial charge in [0.1, 0.15) is 0 Å². The molecule has 0 spiro atoms. The molecule has 0 aromatic heterocycles. The Bertz CT molecular complexity index is 541. The van der Waals surface area contributed by atoms with Gasteiger partial charge in [-0.05, 0) is 6.92 Å². The molecule has 1 atom stereocenters. The maximum absolute atomic E-state index is 11.7. The Morgan fingerprint density at radius 1 is 0.947 bits per heavy atom. The van der Waals surface area contributed by atoms with Gasteiger partial charge in [0.25, 0.3) is 0 Å². The molecule has 1 saturated heterocycles. The highest BCUT2D eigenvalue weighted by molar-refractivity contribution is 5.73. The summed E-state index contributed by atoms with van der Waals surface area (Å²) in [6.07, 6.45) is -0.375. The van der Waals surface area contributed by atoms with Crippen LogP contribution in [-0.2, 0) is 10.3 Å². The molecule has 3 heteroatoms. The van der Waals surface area contributed by atoms with E-state index in [1.54, 1.807) is 0 Å². The van der Waals surface area contributed by atoms with Crippen molar-refractivity contribution in [3.8, 4) is 0 Å². The van der Waals surface area contributed by atoms with Crippen LogP contribution in [0.2, 0.25) is 0 Å². The van der Waals surface area contributed by atoms with Crippen molar-refractivity contribution >= 4 is 6.09 Å². The van der Waals surface area contributed by atoms with E-state index in [1.165, 1.54) is 0 Å². The molecule has 0 bridgehead atoms. The van der Waals surface area contributed by atoms with Crippen LogP contribution in [0.4, 0.5) is 4.79 Å². The lowest BCUT2D eigenvalue weighted by atomic mass is 9.81. The number of nitrogens with one attached hydrogen (secondary N) is 1. The van der Waals surface area contributed by atoms with Gasteiger partial charge in [-0.2, -0.15) is 0 Å². The molecule has 3 rings (SSSR count). The molecular formula is C16H15NO2. The smallest absolute Gasteiger partial charge is 0.408 e. The highest BCUT2D eigenvalue weighted by atomic mass is 16.6. The first-order chi connectivity index (χ1) is 9.23. The molecule has 0 radical (unpaired) electrons. The number of cyclic esters (lactones) is 1. The van der Waals surface area contributed by atoms with E-state index >= 15 is 0 Å². The summed E-state index contributed by atoms with van der Waals surface area (Å²) in [5.74, 6) is 0. The molecule has 1 aliphatic rings. The number of carbonyl (C=O) groups excluding carboxylic acids is 1. The van der Waals surface area contributed by atoms with Crippen LogP contribution >= 0.6 is 0 Å². The number of carbonyl (C=O) groups is 1. The van der Waals surface area contributed by atoms with Crippen LogP contribution in [0.25, 0.3) is 0 Å². The van der Waals surface area contributed by atoms with Crippen molar-refractivity contribution in [2.45, 2.75) is 18.6 Å². The first kappa shape index (κ1) is 11.8. The molecule has 1 amide bonds. The SMILES string of the molecule is C[C@@H]1NC(=O)OC1(c1ccccc1)c1ccccc1. The van der Waals surface area contributed by atoms with Crippen LogP contribution in [0, 0.1) is 0 Å². The molecule has 3 nitrogen and oxygen atoms in total. The minimum atomic E-state index is -0.750. The Balaban J connectivity index is 2.20. The van der Waals surface area contributed by atoms with Crippen molar-refractivity contribution in [3.63, 3.8) is 0 Å². The van der Waals surface area contributed by atoms with E-state index in [0.29, 0.717) is 0 Å². The first-order valence-electron chi connectivity index (χ1n) is 6.34. The summed E-state index contributed by atoms with van der Waals surface area (Å²) >= 11 is 0. The Kier molecular flexibility index (Phi) is 2.75. The van der Waals surface area contributed by atoms with Gasteiger partial charge in [-0.3, -0.25) is 0 Å². The number of hydrogen-bond acceptors (Lipinski definition) is 2. The maximum Gasteiger partial charge on any atom is 0.408 e. The average Bonchev–Trinajstić information content (AvgIpc) is 2.76. The van der Waals surface area contributed by atoms with Gasteiger partial charge in [-0.1, -0.05) is 60.7 Å². The zero-order valence-electron chi connectivity index (χ0n) is 10.7. The monoisotopic (exact) mass is 253 g/mol. The second-order valence-electron chi connectivity index (χ2n) is 4.72. The molecule has 96 valence electrons. The predicted octanol–water partition coefficient (Wildman–Crippen LogP) is 3.06. The largest absolute Gasteiger partial charge is 0.431 e. The molecule has 2 aromatic rings. The van der Waals surface area contributed by atoms with Gasteiger partial charge in [0.05, 0.1) is 6.04 Å². The van der Waals surface area contributed by atoms with Crippen molar-refractivity contribution in [2.75, 3.05) is 0 Å². The maximum atomic E-state index is 11.7. The molecule has 0 saturated carbocycles. The number of amides is 1. The normalized spacial score (nSPS) is 20.7. The third kappa shape index (κ3) is 1.78. The summed E-state index contributed by atoms with van der Waals surface area (Å²) in [6.45, 7) is 1.96. The van der Waals surface area contributed by atoms with Crippen molar-refractivity contribution in [1.82, 2.24) is 5.32 Å². The van der Waals surface area contributed by atoms with Crippen molar-refractivity contribution < 1.29 is 9.53 Å². The Morgan fingerprint density at radius 3 is 1.79 bits per heavy atom. The highest BCUT2D eigenvalue weighted by Crippen LogP contribution is 2.40.